The zero-order valence-electron chi connectivity index (χ0n) is 18.5. The number of anilines is 1. The summed E-state index contributed by atoms with van der Waals surface area (Å²) in [4.78, 5) is 6.45. The molecule has 5 rings (SSSR count). The number of halogens is 2. The summed E-state index contributed by atoms with van der Waals surface area (Å²) < 4.78 is 38.1. The molecule has 1 fully saturated rings. The number of benzene rings is 1. The van der Waals surface area contributed by atoms with Crippen LogP contribution in [-0.2, 0) is 7.05 Å². The predicted octanol–water partition coefficient (Wildman–Crippen LogP) is 2.46. The maximum absolute atomic E-state index is 15.1. The van der Waals surface area contributed by atoms with Crippen molar-refractivity contribution in [3.63, 3.8) is 0 Å². The Hall–Kier alpha value is -3.93. The van der Waals surface area contributed by atoms with Gasteiger partial charge in [-0.05, 0) is 54.6 Å². The van der Waals surface area contributed by atoms with E-state index in [9.17, 15) is 4.39 Å². The van der Waals surface area contributed by atoms with Crippen LogP contribution in [0.1, 0.15) is 12.8 Å². The van der Waals surface area contributed by atoms with Crippen LogP contribution in [0.2, 0.25) is 0 Å². The minimum Gasteiger partial charge on any atom is -0.489 e. The Morgan fingerprint density at radius 2 is 1.91 bits per heavy atom. The molecule has 0 radical (unpaired) electrons. The monoisotopic (exact) mass is 467 g/mol. The van der Waals surface area contributed by atoms with Crippen LogP contribution in [0.25, 0.3) is 28.2 Å². The number of aryl methyl sites for hydroxylation is 1. The molecule has 2 N–H and O–H groups in total. The summed E-state index contributed by atoms with van der Waals surface area (Å²) in [6.07, 6.45) is 7.39. The standard InChI is InChI=1S/C22H23F2N9O/c1-31-13-15(12-27-31)14-10-16(21(25)26-11-14)22-28-29-30-33(22)17-4-5-18(20(24)19(17)23)34-9-8-32-6-2-3-7-32/h4-5,10-13H,2-3,6-9H2,1H3,(H2,25,26). The first-order valence-corrected chi connectivity index (χ1v) is 10.9. The second kappa shape index (κ2) is 9.14. The Kier molecular flexibility index (Phi) is 5.88. The molecule has 0 atom stereocenters. The van der Waals surface area contributed by atoms with E-state index >= 15 is 4.39 Å². The van der Waals surface area contributed by atoms with Crippen LogP contribution >= 0.6 is 0 Å². The van der Waals surface area contributed by atoms with Gasteiger partial charge in [0, 0.05) is 37.1 Å². The van der Waals surface area contributed by atoms with Crippen molar-refractivity contribution in [3.05, 3.63) is 48.4 Å². The van der Waals surface area contributed by atoms with E-state index in [1.54, 1.807) is 30.2 Å². The molecule has 10 nitrogen and oxygen atoms in total. The van der Waals surface area contributed by atoms with Crippen LogP contribution in [0.4, 0.5) is 14.6 Å². The summed E-state index contributed by atoms with van der Waals surface area (Å²) in [6.45, 7) is 2.94. The molecule has 1 aliphatic rings. The summed E-state index contributed by atoms with van der Waals surface area (Å²) in [5.74, 6) is -2.12. The van der Waals surface area contributed by atoms with Gasteiger partial charge in [-0.2, -0.15) is 14.2 Å². The molecule has 0 amide bonds. The number of pyridine rings is 1. The lowest BCUT2D eigenvalue weighted by molar-refractivity contribution is 0.229. The number of ether oxygens (including phenoxy) is 1. The molecule has 12 heteroatoms. The highest BCUT2D eigenvalue weighted by Gasteiger charge is 2.22. The van der Waals surface area contributed by atoms with Crippen LogP contribution < -0.4 is 10.5 Å². The quantitative estimate of drug-likeness (QED) is 0.441. The number of hydrogen-bond acceptors (Lipinski definition) is 8. The summed E-state index contributed by atoms with van der Waals surface area (Å²) in [5, 5.41) is 15.6. The first-order chi connectivity index (χ1) is 16.5. The van der Waals surface area contributed by atoms with Gasteiger partial charge in [0.1, 0.15) is 18.1 Å². The van der Waals surface area contributed by atoms with Crippen LogP contribution in [-0.4, -0.2) is 66.1 Å². The summed E-state index contributed by atoms with van der Waals surface area (Å²) in [7, 11) is 1.80. The minimum atomic E-state index is -1.12. The zero-order valence-corrected chi connectivity index (χ0v) is 18.5. The van der Waals surface area contributed by atoms with Crippen molar-refractivity contribution in [2.75, 3.05) is 32.0 Å². The number of nitrogen functional groups attached to an aromatic ring is 1. The van der Waals surface area contributed by atoms with Gasteiger partial charge in [0.25, 0.3) is 0 Å². The molecule has 1 aromatic carbocycles. The van der Waals surface area contributed by atoms with Gasteiger partial charge < -0.3 is 10.5 Å². The third-order valence-corrected chi connectivity index (χ3v) is 5.79. The third kappa shape index (κ3) is 4.19. The highest BCUT2D eigenvalue weighted by molar-refractivity contribution is 5.76. The molecule has 176 valence electrons. The highest BCUT2D eigenvalue weighted by Crippen LogP contribution is 2.31. The van der Waals surface area contributed by atoms with Gasteiger partial charge in [0.2, 0.25) is 5.82 Å². The Labute approximate surface area is 194 Å². The fourth-order valence-corrected chi connectivity index (χ4v) is 3.99. The molecule has 0 spiro atoms. The summed E-state index contributed by atoms with van der Waals surface area (Å²) in [6, 6.07) is 4.47. The lowest BCUT2D eigenvalue weighted by atomic mass is 10.1. The lowest BCUT2D eigenvalue weighted by Crippen LogP contribution is -2.25. The van der Waals surface area contributed by atoms with E-state index in [1.807, 2.05) is 6.20 Å². The number of aromatic nitrogens is 7. The molecule has 0 saturated carbocycles. The highest BCUT2D eigenvalue weighted by atomic mass is 19.2. The molecule has 34 heavy (non-hydrogen) atoms. The molecule has 1 aliphatic heterocycles. The fraction of sp³-hybridized carbons (Fsp3) is 0.318. The Morgan fingerprint density at radius 3 is 2.68 bits per heavy atom. The van der Waals surface area contributed by atoms with Gasteiger partial charge in [-0.15, -0.1) is 5.10 Å². The van der Waals surface area contributed by atoms with Crippen molar-refractivity contribution in [2.45, 2.75) is 12.8 Å². The van der Waals surface area contributed by atoms with Crippen LogP contribution in [0, 0.1) is 11.6 Å². The number of likely N-dealkylation sites (tertiary alicyclic amines) is 1. The SMILES string of the molecule is Cn1cc(-c2cnc(N)c(-c3nnnn3-c3ccc(OCCN4CCCC4)c(F)c3F)c2)cn1. The predicted molar refractivity (Wildman–Crippen MR) is 120 cm³/mol. The van der Waals surface area contributed by atoms with Crippen molar-refractivity contribution in [1.29, 1.82) is 0 Å². The van der Waals surface area contributed by atoms with E-state index in [0.717, 1.165) is 41.7 Å². The first-order valence-electron chi connectivity index (χ1n) is 10.9. The van der Waals surface area contributed by atoms with Gasteiger partial charge in [-0.3, -0.25) is 9.58 Å². The number of nitrogens with two attached hydrogens (primary N) is 1. The van der Waals surface area contributed by atoms with E-state index in [-0.39, 0.29) is 29.7 Å². The number of rotatable bonds is 7. The second-order valence-electron chi connectivity index (χ2n) is 8.08. The molecule has 0 unspecified atom stereocenters. The van der Waals surface area contributed by atoms with Crippen molar-refractivity contribution >= 4 is 5.82 Å². The van der Waals surface area contributed by atoms with Crippen molar-refractivity contribution in [2.24, 2.45) is 7.05 Å². The topological polar surface area (TPSA) is 113 Å². The van der Waals surface area contributed by atoms with Crippen LogP contribution in [0.5, 0.6) is 5.75 Å². The van der Waals surface area contributed by atoms with Crippen molar-refractivity contribution < 1.29 is 13.5 Å². The maximum Gasteiger partial charge on any atom is 0.202 e. The average molecular weight is 467 g/mol. The molecular formula is C22H23F2N9O. The Morgan fingerprint density at radius 1 is 1.09 bits per heavy atom. The molecule has 4 aromatic rings. The lowest BCUT2D eigenvalue weighted by Gasteiger charge is -2.16. The maximum atomic E-state index is 15.1. The van der Waals surface area contributed by atoms with E-state index in [2.05, 4.69) is 30.5 Å². The number of hydrogen-bond donors (Lipinski definition) is 1. The minimum absolute atomic E-state index is 0.122. The van der Waals surface area contributed by atoms with Gasteiger partial charge in [0.05, 0.1) is 11.8 Å². The molecule has 3 aromatic heterocycles. The molecule has 0 aliphatic carbocycles. The Balaban J connectivity index is 1.43. The summed E-state index contributed by atoms with van der Waals surface area (Å²) >= 11 is 0. The van der Waals surface area contributed by atoms with Gasteiger partial charge in [-0.25, -0.2) is 9.37 Å². The number of tetrazole rings is 1. The van der Waals surface area contributed by atoms with Gasteiger partial charge in [-0.1, -0.05) is 0 Å². The second-order valence-corrected chi connectivity index (χ2v) is 8.08. The van der Waals surface area contributed by atoms with Crippen LogP contribution in [0.3, 0.4) is 0 Å². The molecule has 1 saturated heterocycles. The van der Waals surface area contributed by atoms with E-state index < -0.39 is 11.6 Å². The van der Waals surface area contributed by atoms with E-state index in [0.29, 0.717) is 12.1 Å². The third-order valence-electron chi connectivity index (χ3n) is 5.79. The van der Waals surface area contributed by atoms with Crippen molar-refractivity contribution in [1.82, 2.24) is 39.9 Å². The molecule has 4 heterocycles. The average Bonchev–Trinajstić information content (AvgIpc) is 3.60. The van der Waals surface area contributed by atoms with Gasteiger partial charge in [0.15, 0.2) is 17.4 Å². The van der Waals surface area contributed by atoms with E-state index in [1.165, 1.54) is 12.1 Å². The fourth-order valence-electron chi connectivity index (χ4n) is 3.99. The smallest absolute Gasteiger partial charge is 0.202 e. The summed E-state index contributed by atoms with van der Waals surface area (Å²) in [5.41, 5.74) is 7.81. The normalized spacial score (nSPS) is 14.1. The number of nitrogens with zero attached hydrogens (tertiary/aromatic N) is 8. The zero-order chi connectivity index (χ0) is 23.7. The Bertz CT molecular complexity index is 1310. The van der Waals surface area contributed by atoms with Crippen LogP contribution in [0.15, 0.2) is 36.8 Å². The molecular weight excluding hydrogens is 444 g/mol. The van der Waals surface area contributed by atoms with E-state index in [4.69, 9.17) is 10.5 Å². The first kappa shape index (κ1) is 21.9. The van der Waals surface area contributed by atoms with Gasteiger partial charge >= 0.3 is 0 Å². The van der Waals surface area contributed by atoms with Crippen molar-refractivity contribution in [3.8, 4) is 34.0 Å². The molecule has 0 bridgehead atoms. The largest absolute Gasteiger partial charge is 0.489 e.